The number of pyridine rings is 1. The third-order valence-electron chi connectivity index (χ3n) is 4.67. The topological polar surface area (TPSA) is 79.8 Å². The number of halogens is 1. The molecule has 0 radical (unpaired) electrons. The van der Waals surface area contributed by atoms with Crippen LogP contribution in [0.2, 0.25) is 5.02 Å². The number of anilines is 2. The molecule has 2 N–H and O–H groups in total. The summed E-state index contributed by atoms with van der Waals surface area (Å²) in [6.07, 6.45) is 4.96. The molecule has 0 saturated heterocycles. The van der Waals surface area contributed by atoms with Crippen LogP contribution < -0.4 is 10.6 Å². The van der Waals surface area contributed by atoms with Crippen molar-refractivity contribution in [3.63, 3.8) is 0 Å². The molecule has 7 heteroatoms. The van der Waals surface area contributed by atoms with Gasteiger partial charge in [0.2, 0.25) is 0 Å². The number of hydrogen-bond acceptors (Lipinski definition) is 5. The van der Waals surface area contributed by atoms with Crippen molar-refractivity contribution >= 4 is 40.0 Å². The van der Waals surface area contributed by atoms with Crippen molar-refractivity contribution in [3.8, 4) is 0 Å². The minimum atomic E-state index is -0.195. The molecule has 1 amide bonds. The molecule has 0 aliphatic heterocycles. The highest BCUT2D eigenvalue weighted by Gasteiger charge is 2.11. The van der Waals surface area contributed by atoms with Crippen molar-refractivity contribution in [2.75, 3.05) is 10.6 Å². The molecule has 0 bridgehead atoms. The highest BCUT2D eigenvalue weighted by atomic mass is 35.5. The molecule has 4 rings (SSSR count). The number of nitrogens with zero attached hydrogens (tertiary/aromatic N) is 3. The SMILES string of the molecule is Cc1cncc(C(=O)Nc2cccc([C@H](C)Nc3cnc4cccc(Cl)c4n3)c2)c1. The minimum Gasteiger partial charge on any atom is -0.362 e. The van der Waals surface area contributed by atoms with E-state index < -0.39 is 0 Å². The summed E-state index contributed by atoms with van der Waals surface area (Å²) >= 11 is 6.24. The molecule has 2 aromatic carbocycles. The number of hydrogen-bond donors (Lipinski definition) is 2. The Hall–Kier alpha value is -3.51. The van der Waals surface area contributed by atoms with E-state index in [9.17, 15) is 4.79 Å². The Kier molecular flexibility index (Phi) is 5.59. The minimum absolute atomic E-state index is 0.0586. The Bertz CT molecular complexity index is 1230. The van der Waals surface area contributed by atoms with E-state index in [4.69, 9.17) is 11.6 Å². The zero-order chi connectivity index (χ0) is 21.1. The first-order valence-electron chi connectivity index (χ1n) is 9.50. The van der Waals surface area contributed by atoms with Gasteiger partial charge in [0.05, 0.1) is 28.3 Å². The van der Waals surface area contributed by atoms with Gasteiger partial charge >= 0.3 is 0 Å². The van der Waals surface area contributed by atoms with E-state index in [1.54, 1.807) is 30.7 Å². The molecule has 0 unspecified atom stereocenters. The molecule has 150 valence electrons. The maximum Gasteiger partial charge on any atom is 0.257 e. The average Bonchev–Trinajstić information content (AvgIpc) is 2.74. The van der Waals surface area contributed by atoms with Crippen LogP contribution in [0.5, 0.6) is 0 Å². The van der Waals surface area contributed by atoms with Gasteiger partial charge in [-0.1, -0.05) is 29.8 Å². The zero-order valence-electron chi connectivity index (χ0n) is 16.6. The van der Waals surface area contributed by atoms with E-state index in [2.05, 4.69) is 25.6 Å². The van der Waals surface area contributed by atoms with Gasteiger partial charge in [-0.3, -0.25) is 14.8 Å². The van der Waals surface area contributed by atoms with Crippen molar-refractivity contribution in [3.05, 3.63) is 88.8 Å². The maximum absolute atomic E-state index is 12.5. The van der Waals surface area contributed by atoms with Crippen LogP contribution in [0.25, 0.3) is 11.0 Å². The lowest BCUT2D eigenvalue weighted by molar-refractivity contribution is 0.102. The largest absolute Gasteiger partial charge is 0.362 e. The normalized spacial score (nSPS) is 11.8. The molecule has 6 nitrogen and oxygen atoms in total. The quantitative estimate of drug-likeness (QED) is 0.453. The molecule has 0 spiro atoms. The van der Waals surface area contributed by atoms with Gasteiger partial charge in [0.1, 0.15) is 11.3 Å². The van der Waals surface area contributed by atoms with Crippen molar-refractivity contribution < 1.29 is 4.79 Å². The number of fused-ring (bicyclic) bond motifs is 1. The van der Waals surface area contributed by atoms with Crippen LogP contribution in [-0.4, -0.2) is 20.9 Å². The number of carbonyl (C=O) groups is 1. The van der Waals surface area contributed by atoms with E-state index in [-0.39, 0.29) is 11.9 Å². The summed E-state index contributed by atoms with van der Waals surface area (Å²) in [5.41, 5.74) is 4.57. The number of benzene rings is 2. The van der Waals surface area contributed by atoms with Crippen LogP contribution in [0.15, 0.2) is 67.1 Å². The van der Waals surface area contributed by atoms with Gasteiger partial charge in [0.15, 0.2) is 0 Å². The number of aryl methyl sites for hydroxylation is 1. The van der Waals surface area contributed by atoms with Crippen LogP contribution in [-0.2, 0) is 0 Å². The first-order chi connectivity index (χ1) is 14.5. The predicted molar refractivity (Wildman–Crippen MR) is 120 cm³/mol. The molecule has 2 heterocycles. The lowest BCUT2D eigenvalue weighted by atomic mass is 10.1. The molecular weight excluding hydrogens is 398 g/mol. The molecule has 1 atom stereocenters. The predicted octanol–water partition coefficient (Wildman–Crippen LogP) is 5.41. The number of aromatic nitrogens is 3. The summed E-state index contributed by atoms with van der Waals surface area (Å²) in [6.45, 7) is 3.92. The second-order valence-electron chi connectivity index (χ2n) is 7.06. The average molecular weight is 418 g/mol. The highest BCUT2D eigenvalue weighted by molar-refractivity contribution is 6.34. The summed E-state index contributed by atoms with van der Waals surface area (Å²) in [5, 5.41) is 6.83. The second-order valence-corrected chi connectivity index (χ2v) is 7.47. The molecular formula is C23H20ClN5O. The van der Waals surface area contributed by atoms with E-state index in [0.29, 0.717) is 27.6 Å². The van der Waals surface area contributed by atoms with Crippen molar-refractivity contribution in [2.24, 2.45) is 0 Å². The molecule has 4 aromatic rings. The number of rotatable bonds is 5. The van der Waals surface area contributed by atoms with Gasteiger partial charge in [-0.2, -0.15) is 0 Å². The number of amides is 1. The lowest BCUT2D eigenvalue weighted by Gasteiger charge is -2.16. The number of para-hydroxylation sites is 1. The molecule has 0 aliphatic carbocycles. The van der Waals surface area contributed by atoms with Crippen LogP contribution >= 0.6 is 11.6 Å². The van der Waals surface area contributed by atoms with E-state index in [0.717, 1.165) is 16.6 Å². The van der Waals surface area contributed by atoms with Gasteiger partial charge in [0.25, 0.3) is 5.91 Å². The van der Waals surface area contributed by atoms with Gasteiger partial charge in [0, 0.05) is 18.1 Å². The Morgan fingerprint density at radius 1 is 1.07 bits per heavy atom. The first kappa shape index (κ1) is 19.8. The van der Waals surface area contributed by atoms with Crippen molar-refractivity contribution in [1.82, 2.24) is 15.0 Å². The van der Waals surface area contributed by atoms with Crippen molar-refractivity contribution in [1.29, 1.82) is 0 Å². The summed E-state index contributed by atoms with van der Waals surface area (Å²) in [5.74, 6) is 0.433. The summed E-state index contributed by atoms with van der Waals surface area (Å²) in [6, 6.07) is 14.9. The summed E-state index contributed by atoms with van der Waals surface area (Å²) in [4.78, 5) is 25.6. The maximum atomic E-state index is 12.5. The number of nitrogens with one attached hydrogen (secondary N) is 2. The molecule has 2 aromatic heterocycles. The molecule has 30 heavy (non-hydrogen) atoms. The van der Waals surface area contributed by atoms with Crippen LogP contribution in [0.3, 0.4) is 0 Å². The molecule has 0 saturated carbocycles. The Morgan fingerprint density at radius 2 is 1.90 bits per heavy atom. The van der Waals surface area contributed by atoms with Crippen LogP contribution in [0, 0.1) is 6.92 Å². The summed E-state index contributed by atoms with van der Waals surface area (Å²) < 4.78 is 0. The van der Waals surface area contributed by atoms with Crippen LogP contribution in [0.4, 0.5) is 11.5 Å². The molecule has 0 fully saturated rings. The smallest absolute Gasteiger partial charge is 0.257 e. The van der Waals surface area contributed by atoms with Gasteiger partial charge < -0.3 is 10.6 Å². The van der Waals surface area contributed by atoms with Crippen molar-refractivity contribution in [2.45, 2.75) is 19.9 Å². The first-order valence-corrected chi connectivity index (χ1v) is 9.88. The summed E-state index contributed by atoms with van der Waals surface area (Å²) in [7, 11) is 0. The zero-order valence-corrected chi connectivity index (χ0v) is 17.3. The van der Waals surface area contributed by atoms with E-state index in [1.165, 1.54) is 0 Å². The lowest BCUT2D eigenvalue weighted by Crippen LogP contribution is -2.13. The van der Waals surface area contributed by atoms with Crippen LogP contribution in [0.1, 0.15) is 34.5 Å². The Morgan fingerprint density at radius 3 is 2.73 bits per heavy atom. The monoisotopic (exact) mass is 417 g/mol. The van der Waals surface area contributed by atoms with Gasteiger partial charge in [-0.05, 0) is 55.3 Å². The fourth-order valence-corrected chi connectivity index (χ4v) is 3.35. The van der Waals surface area contributed by atoms with E-state index >= 15 is 0 Å². The third-order valence-corrected chi connectivity index (χ3v) is 4.97. The third kappa shape index (κ3) is 4.39. The second kappa shape index (κ2) is 8.47. The highest BCUT2D eigenvalue weighted by Crippen LogP contribution is 2.24. The Labute approximate surface area is 179 Å². The van der Waals surface area contributed by atoms with Gasteiger partial charge in [-0.25, -0.2) is 4.98 Å². The van der Waals surface area contributed by atoms with E-state index in [1.807, 2.05) is 50.2 Å². The fourth-order valence-electron chi connectivity index (χ4n) is 3.14. The standard InChI is InChI=1S/C23H20ClN5O/c1-14-9-17(12-25-11-14)23(30)28-18-6-3-5-16(10-18)15(2)27-21-13-26-20-8-4-7-19(24)22(20)29-21/h3-13,15H,1-2H3,(H,27,29)(H,28,30)/t15-/m0/s1. The fraction of sp³-hybridized carbons (Fsp3) is 0.130. The number of carbonyl (C=O) groups excluding carboxylic acids is 1. The molecule has 0 aliphatic rings. The van der Waals surface area contributed by atoms with Gasteiger partial charge in [-0.15, -0.1) is 0 Å². The Balaban J connectivity index is 1.50.